The van der Waals surface area contributed by atoms with Crippen LogP contribution in [0.25, 0.3) is 0 Å². The van der Waals surface area contributed by atoms with E-state index in [0.29, 0.717) is 0 Å². The Morgan fingerprint density at radius 2 is 1.11 bits per heavy atom. The van der Waals surface area contributed by atoms with Crippen LogP contribution in [-0.2, 0) is 4.74 Å². The number of hydrogen-bond donors (Lipinski definition) is 0. The summed E-state index contributed by atoms with van der Waals surface area (Å²) >= 11 is 0. The molecule has 0 saturated carbocycles. The van der Waals surface area contributed by atoms with Crippen molar-refractivity contribution in [3.63, 3.8) is 0 Å². The summed E-state index contributed by atoms with van der Waals surface area (Å²) in [4.78, 5) is 0. The summed E-state index contributed by atoms with van der Waals surface area (Å²) in [6, 6.07) is 33.1. The molecule has 36 heavy (non-hydrogen) atoms. The molecule has 3 aromatic rings. The first kappa shape index (κ1) is 28.2. The molecule has 8 heteroatoms. The van der Waals surface area contributed by atoms with Gasteiger partial charge in [0.2, 0.25) is 0 Å². The van der Waals surface area contributed by atoms with E-state index in [2.05, 4.69) is 122 Å². The largest absolute Gasteiger partial charge is 0.673 e. The van der Waals surface area contributed by atoms with Crippen LogP contribution in [0.2, 0.25) is 19.6 Å². The van der Waals surface area contributed by atoms with Gasteiger partial charge in [-0.1, -0.05) is 80.2 Å². The molecule has 0 spiro atoms. The van der Waals surface area contributed by atoms with E-state index in [4.69, 9.17) is 4.74 Å². The zero-order valence-electron chi connectivity index (χ0n) is 20.9. The van der Waals surface area contributed by atoms with E-state index in [1.807, 2.05) is 0 Å². The third-order valence-corrected chi connectivity index (χ3v) is 11.2. The summed E-state index contributed by atoms with van der Waals surface area (Å²) in [5.74, 6) is 3.66. The molecular formula is C28H32BF4OPSi. The Hall–Kier alpha value is -2.39. The van der Waals surface area contributed by atoms with E-state index in [0.717, 1.165) is 19.3 Å². The summed E-state index contributed by atoms with van der Waals surface area (Å²) in [5, 5.41) is 4.16. The van der Waals surface area contributed by atoms with E-state index >= 15 is 0 Å². The molecule has 1 nitrogen and oxygen atoms in total. The van der Waals surface area contributed by atoms with Crippen molar-refractivity contribution in [2.24, 2.45) is 0 Å². The molecule has 0 amide bonds. The minimum atomic E-state index is -6.00. The second-order valence-electron chi connectivity index (χ2n) is 9.75. The molecule has 0 N–H and O–H groups in total. The quantitative estimate of drug-likeness (QED) is 0.152. The molecular weight excluding hydrogens is 498 g/mol. The Kier molecular flexibility index (Phi) is 9.58. The van der Waals surface area contributed by atoms with Gasteiger partial charge in [-0.2, -0.15) is 0 Å². The molecule has 1 aliphatic heterocycles. The standard InChI is InChI=1S/C28H32OPSi.BF4/c1-31(2,3)23-22-24-14-13-21-28(29-24)30(25-15-7-4-8-16-25,26-17-9-5-10-18-26)27-19-11-6-12-20-27;2-1(3,4)5/h4-12,15-20,24,28H,13-14,21H2,1-3H3;/q+1;-1. The summed E-state index contributed by atoms with van der Waals surface area (Å²) in [7, 11) is -9.44. The van der Waals surface area contributed by atoms with Crippen LogP contribution in [0, 0.1) is 11.5 Å². The molecule has 190 valence electrons. The molecule has 0 aromatic heterocycles. The average Bonchev–Trinajstić information content (AvgIpc) is 2.84. The van der Waals surface area contributed by atoms with Crippen LogP contribution in [0.1, 0.15) is 19.3 Å². The van der Waals surface area contributed by atoms with Crippen molar-refractivity contribution in [2.45, 2.75) is 50.9 Å². The minimum absolute atomic E-state index is 0.0287. The highest BCUT2D eigenvalue weighted by atomic mass is 31.2. The zero-order valence-corrected chi connectivity index (χ0v) is 22.8. The molecule has 1 saturated heterocycles. The van der Waals surface area contributed by atoms with Gasteiger partial charge in [0, 0.05) is 6.42 Å². The fourth-order valence-electron chi connectivity index (χ4n) is 4.43. The van der Waals surface area contributed by atoms with Crippen LogP contribution >= 0.6 is 7.26 Å². The molecule has 2 atom stereocenters. The van der Waals surface area contributed by atoms with Crippen LogP contribution in [0.3, 0.4) is 0 Å². The highest BCUT2D eigenvalue weighted by Gasteiger charge is 2.54. The smallest absolute Gasteiger partial charge is 0.418 e. The maximum absolute atomic E-state index is 9.75. The molecule has 3 aromatic carbocycles. The van der Waals surface area contributed by atoms with Crippen molar-refractivity contribution in [3.05, 3.63) is 91.0 Å². The van der Waals surface area contributed by atoms with E-state index in [1.54, 1.807) is 0 Å². The van der Waals surface area contributed by atoms with Crippen LogP contribution in [0.4, 0.5) is 17.3 Å². The second-order valence-corrected chi connectivity index (χ2v) is 18.1. The van der Waals surface area contributed by atoms with E-state index in [1.165, 1.54) is 15.9 Å². The van der Waals surface area contributed by atoms with Crippen molar-refractivity contribution in [2.75, 3.05) is 0 Å². The highest BCUT2D eigenvalue weighted by Crippen LogP contribution is 2.62. The molecule has 1 aliphatic rings. The average molecular weight is 530 g/mol. The molecule has 0 aliphatic carbocycles. The van der Waals surface area contributed by atoms with Gasteiger partial charge in [0.15, 0.2) is 5.85 Å². The van der Waals surface area contributed by atoms with Gasteiger partial charge in [-0.25, -0.2) is 0 Å². The van der Waals surface area contributed by atoms with Crippen LogP contribution in [0.15, 0.2) is 91.0 Å². The number of halogens is 4. The second kappa shape index (κ2) is 12.2. The Bertz CT molecular complexity index is 1040. The van der Waals surface area contributed by atoms with Crippen LogP contribution < -0.4 is 15.9 Å². The SMILES string of the molecule is C[Si](C)(C)C#CC1CCCC([P+](c2ccccc2)(c2ccccc2)c2ccccc2)O1.F[B-](F)(F)F. The lowest BCUT2D eigenvalue weighted by atomic mass is 10.1. The third kappa shape index (κ3) is 7.80. The lowest BCUT2D eigenvalue weighted by molar-refractivity contribution is 0.0273. The molecule has 2 unspecified atom stereocenters. The van der Waals surface area contributed by atoms with E-state index in [-0.39, 0.29) is 11.9 Å². The molecule has 0 bridgehead atoms. The predicted molar refractivity (Wildman–Crippen MR) is 149 cm³/mol. The zero-order chi connectivity index (χ0) is 26.2. The molecule has 0 radical (unpaired) electrons. The maximum Gasteiger partial charge on any atom is 0.673 e. The summed E-state index contributed by atoms with van der Waals surface area (Å²) in [6.45, 7) is 6.90. The van der Waals surface area contributed by atoms with Crippen LogP contribution in [-0.4, -0.2) is 27.3 Å². The first-order valence-corrected chi connectivity index (χ1v) is 17.5. The predicted octanol–water partition coefficient (Wildman–Crippen LogP) is 7.06. The number of benzene rings is 3. The van der Waals surface area contributed by atoms with Gasteiger partial charge in [-0.05, 0) is 49.2 Å². The van der Waals surface area contributed by atoms with Crippen molar-refractivity contribution >= 4 is 38.5 Å². The Morgan fingerprint density at radius 1 is 0.722 bits per heavy atom. The summed E-state index contributed by atoms with van der Waals surface area (Å²) < 4.78 is 45.9. The van der Waals surface area contributed by atoms with Crippen molar-refractivity contribution in [1.82, 2.24) is 0 Å². The Morgan fingerprint density at radius 3 is 1.47 bits per heavy atom. The fourth-order valence-corrected chi connectivity index (χ4v) is 9.74. The Labute approximate surface area is 213 Å². The number of hydrogen-bond acceptors (Lipinski definition) is 1. The normalized spacial score (nSPS) is 18.3. The lowest BCUT2D eigenvalue weighted by Gasteiger charge is -2.38. The molecule has 1 fully saturated rings. The van der Waals surface area contributed by atoms with E-state index < -0.39 is 22.6 Å². The fraction of sp³-hybridized carbons (Fsp3) is 0.286. The first-order valence-electron chi connectivity index (χ1n) is 12.1. The van der Waals surface area contributed by atoms with Crippen molar-refractivity contribution in [3.8, 4) is 11.5 Å². The van der Waals surface area contributed by atoms with Gasteiger partial charge < -0.3 is 22.0 Å². The Balaban J connectivity index is 0.000000658. The topological polar surface area (TPSA) is 9.23 Å². The summed E-state index contributed by atoms with van der Waals surface area (Å²) in [6.07, 6.45) is 3.29. The van der Waals surface area contributed by atoms with Crippen molar-refractivity contribution < 1.29 is 22.0 Å². The number of ether oxygens (including phenoxy) is 1. The van der Waals surface area contributed by atoms with Gasteiger partial charge in [-0.15, -0.1) is 5.54 Å². The van der Waals surface area contributed by atoms with Gasteiger partial charge in [0.05, 0.1) is 0 Å². The minimum Gasteiger partial charge on any atom is -0.418 e. The van der Waals surface area contributed by atoms with Gasteiger partial charge in [-0.3, -0.25) is 0 Å². The molecule has 1 heterocycles. The monoisotopic (exact) mass is 530 g/mol. The van der Waals surface area contributed by atoms with Crippen molar-refractivity contribution in [1.29, 1.82) is 0 Å². The maximum atomic E-state index is 9.75. The molecule has 4 rings (SSSR count). The lowest BCUT2D eigenvalue weighted by Crippen LogP contribution is -2.43. The van der Waals surface area contributed by atoms with Gasteiger partial charge in [0.25, 0.3) is 0 Å². The number of rotatable bonds is 4. The highest BCUT2D eigenvalue weighted by molar-refractivity contribution is 7.96. The third-order valence-electron chi connectivity index (χ3n) is 5.77. The summed E-state index contributed by atoms with van der Waals surface area (Å²) in [5.41, 5.74) is 3.56. The van der Waals surface area contributed by atoms with Crippen LogP contribution in [0.5, 0.6) is 0 Å². The van der Waals surface area contributed by atoms with E-state index in [9.17, 15) is 17.3 Å². The first-order chi connectivity index (χ1) is 17.0. The van der Waals surface area contributed by atoms with Gasteiger partial charge >= 0.3 is 7.25 Å². The van der Waals surface area contributed by atoms with Gasteiger partial charge in [0.1, 0.15) is 37.4 Å².